The first kappa shape index (κ1) is 13.6. The van der Waals surface area contributed by atoms with Gasteiger partial charge in [0.15, 0.2) is 0 Å². The van der Waals surface area contributed by atoms with Gasteiger partial charge in [0.1, 0.15) is 5.82 Å². The van der Waals surface area contributed by atoms with Crippen molar-refractivity contribution in [3.63, 3.8) is 0 Å². The van der Waals surface area contributed by atoms with Crippen molar-refractivity contribution >= 4 is 12.7 Å². The quantitative estimate of drug-likeness (QED) is 0.754. The average Bonchev–Trinajstić information content (AvgIpc) is 2.66. The summed E-state index contributed by atoms with van der Waals surface area (Å²) < 4.78 is 14.1. The summed E-state index contributed by atoms with van der Waals surface area (Å²) in [6.45, 7) is 14.5. The monoisotopic (exact) mass is 250 g/mol. The average molecular weight is 250 g/mol. The van der Waals surface area contributed by atoms with Crippen molar-refractivity contribution in [1.82, 2.24) is 9.55 Å². The summed E-state index contributed by atoms with van der Waals surface area (Å²) >= 11 is 0. The van der Waals surface area contributed by atoms with E-state index in [2.05, 4.69) is 51.1 Å². The fraction of sp³-hybridized carbons (Fsp3) is 0.769. The van der Waals surface area contributed by atoms with Crippen LogP contribution in [-0.4, -0.2) is 27.9 Å². The van der Waals surface area contributed by atoms with Gasteiger partial charge in [-0.1, -0.05) is 0 Å². The Hall–Kier alpha value is -0.805. The van der Waals surface area contributed by atoms with Crippen molar-refractivity contribution in [3.05, 3.63) is 12.0 Å². The molecule has 100 valence electrons. The molecule has 1 fully saturated rings. The van der Waals surface area contributed by atoms with E-state index in [0.29, 0.717) is 6.04 Å². The van der Waals surface area contributed by atoms with Crippen molar-refractivity contribution in [2.45, 2.75) is 65.7 Å². The van der Waals surface area contributed by atoms with Gasteiger partial charge in [-0.25, -0.2) is 4.98 Å². The van der Waals surface area contributed by atoms with E-state index in [9.17, 15) is 0 Å². The maximum atomic E-state index is 6.00. The van der Waals surface area contributed by atoms with Crippen LogP contribution in [0.3, 0.4) is 0 Å². The molecule has 0 saturated carbocycles. The molecule has 1 aliphatic rings. The van der Waals surface area contributed by atoms with Crippen LogP contribution in [0.1, 0.15) is 53.4 Å². The molecule has 1 saturated heterocycles. The fourth-order valence-corrected chi connectivity index (χ4v) is 2.11. The standard InChI is InChI=1S/C13H23BN2O2/c1-9(2)16-8-11(15-10(16)3)14-17-12(4,5)13(6,7)18-14/h8-9H,1-7H3. The predicted molar refractivity (Wildman–Crippen MR) is 73.1 cm³/mol. The van der Waals surface area contributed by atoms with E-state index in [1.807, 2.05) is 13.1 Å². The Kier molecular flexibility index (Phi) is 3.10. The lowest BCUT2D eigenvalue weighted by molar-refractivity contribution is 0.00578. The molecular formula is C13H23BN2O2. The highest BCUT2D eigenvalue weighted by molar-refractivity contribution is 6.61. The molecule has 4 nitrogen and oxygen atoms in total. The topological polar surface area (TPSA) is 36.3 Å². The molecule has 2 rings (SSSR count). The fourth-order valence-electron chi connectivity index (χ4n) is 2.11. The molecule has 0 radical (unpaired) electrons. The first-order valence-electron chi connectivity index (χ1n) is 6.55. The number of nitrogens with zero attached hydrogens (tertiary/aromatic N) is 2. The number of rotatable bonds is 2. The molecule has 1 aromatic rings. The molecule has 0 aliphatic carbocycles. The van der Waals surface area contributed by atoms with Gasteiger partial charge in [-0.3, -0.25) is 0 Å². The highest BCUT2D eigenvalue weighted by Gasteiger charge is 2.52. The summed E-state index contributed by atoms with van der Waals surface area (Å²) in [6, 6.07) is 0.397. The Morgan fingerprint density at radius 1 is 1.17 bits per heavy atom. The van der Waals surface area contributed by atoms with Crippen molar-refractivity contribution in [1.29, 1.82) is 0 Å². The Balaban J connectivity index is 2.27. The van der Waals surface area contributed by atoms with Crippen LogP contribution in [0.4, 0.5) is 0 Å². The van der Waals surface area contributed by atoms with Crippen LogP contribution in [0.5, 0.6) is 0 Å². The highest BCUT2D eigenvalue weighted by atomic mass is 16.7. The maximum absolute atomic E-state index is 6.00. The van der Waals surface area contributed by atoms with Gasteiger partial charge in [0.25, 0.3) is 0 Å². The zero-order valence-electron chi connectivity index (χ0n) is 12.4. The molecule has 0 aromatic carbocycles. The minimum Gasteiger partial charge on any atom is -0.398 e. The summed E-state index contributed by atoms with van der Waals surface area (Å²) in [7, 11) is -0.367. The predicted octanol–water partition coefficient (Wildman–Crippen LogP) is 2.07. The third-order valence-corrected chi connectivity index (χ3v) is 3.99. The first-order chi connectivity index (χ1) is 8.14. The Morgan fingerprint density at radius 2 is 1.67 bits per heavy atom. The van der Waals surface area contributed by atoms with E-state index in [-0.39, 0.29) is 18.3 Å². The van der Waals surface area contributed by atoms with Gasteiger partial charge in [-0.2, -0.15) is 0 Å². The van der Waals surface area contributed by atoms with Crippen LogP contribution < -0.4 is 5.59 Å². The van der Waals surface area contributed by atoms with Crippen molar-refractivity contribution in [2.24, 2.45) is 0 Å². The van der Waals surface area contributed by atoms with Gasteiger partial charge in [-0.05, 0) is 48.5 Å². The summed E-state index contributed by atoms with van der Waals surface area (Å²) in [5.74, 6) is 0.995. The molecular weight excluding hydrogens is 227 g/mol. The second kappa shape index (κ2) is 4.10. The number of hydrogen-bond donors (Lipinski definition) is 0. The zero-order valence-corrected chi connectivity index (χ0v) is 12.4. The largest absolute Gasteiger partial charge is 0.516 e. The van der Waals surface area contributed by atoms with Crippen LogP contribution in [0.15, 0.2) is 6.20 Å². The van der Waals surface area contributed by atoms with E-state index in [4.69, 9.17) is 9.31 Å². The zero-order chi connectivity index (χ0) is 13.7. The van der Waals surface area contributed by atoms with Gasteiger partial charge in [-0.15, -0.1) is 0 Å². The van der Waals surface area contributed by atoms with E-state index >= 15 is 0 Å². The molecule has 18 heavy (non-hydrogen) atoms. The van der Waals surface area contributed by atoms with Crippen LogP contribution >= 0.6 is 0 Å². The van der Waals surface area contributed by atoms with Gasteiger partial charge in [0, 0.05) is 12.2 Å². The third kappa shape index (κ3) is 2.10. The second-order valence-electron chi connectivity index (χ2n) is 6.30. The Labute approximate surface area is 110 Å². The number of hydrogen-bond acceptors (Lipinski definition) is 3. The number of aromatic nitrogens is 2. The highest BCUT2D eigenvalue weighted by Crippen LogP contribution is 2.36. The molecule has 0 bridgehead atoms. The summed E-state index contributed by atoms with van der Waals surface area (Å²) in [5.41, 5.74) is 0.236. The lowest BCUT2D eigenvalue weighted by Gasteiger charge is -2.32. The molecule has 1 aliphatic heterocycles. The molecule has 0 N–H and O–H groups in total. The van der Waals surface area contributed by atoms with E-state index in [0.717, 1.165) is 11.4 Å². The lowest BCUT2D eigenvalue weighted by atomic mass is 9.86. The van der Waals surface area contributed by atoms with Gasteiger partial charge in [0.2, 0.25) is 0 Å². The minimum absolute atomic E-state index is 0.312. The van der Waals surface area contributed by atoms with E-state index < -0.39 is 0 Å². The van der Waals surface area contributed by atoms with Gasteiger partial charge >= 0.3 is 7.12 Å². The number of aryl methyl sites for hydroxylation is 1. The van der Waals surface area contributed by atoms with Crippen LogP contribution in [0.2, 0.25) is 0 Å². The van der Waals surface area contributed by atoms with Crippen LogP contribution in [-0.2, 0) is 9.31 Å². The van der Waals surface area contributed by atoms with E-state index in [1.165, 1.54) is 0 Å². The lowest BCUT2D eigenvalue weighted by Crippen LogP contribution is -2.41. The smallest absolute Gasteiger partial charge is 0.398 e. The molecule has 0 amide bonds. The molecule has 0 unspecified atom stereocenters. The molecule has 0 atom stereocenters. The van der Waals surface area contributed by atoms with Crippen LogP contribution in [0, 0.1) is 6.92 Å². The van der Waals surface area contributed by atoms with Crippen molar-refractivity contribution in [3.8, 4) is 0 Å². The Bertz CT molecular complexity index is 436. The maximum Gasteiger partial charge on any atom is 0.516 e. The molecule has 5 heteroatoms. The van der Waals surface area contributed by atoms with Gasteiger partial charge in [0.05, 0.1) is 16.8 Å². The second-order valence-corrected chi connectivity index (χ2v) is 6.30. The third-order valence-electron chi connectivity index (χ3n) is 3.99. The van der Waals surface area contributed by atoms with Gasteiger partial charge < -0.3 is 13.9 Å². The van der Waals surface area contributed by atoms with Crippen molar-refractivity contribution < 1.29 is 9.31 Å². The minimum atomic E-state index is -0.367. The molecule has 1 aromatic heterocycles. The summed E-state index contributed by atoms with van der Waals surface area (Å²) in [5, 5.41) is 0. The molecule has 2 heterocycles. The van der Waals surface area contributed by atoms with Crippen molar-refractivity contribution in [2.75, 3.05) is 0 Å². The summed E-state index contributed by atoms with van der Waals surface area (Å²) in [4.78, 5) is 4.56. The Morgan fingerprint density at radius 3 is 2.06 bits per heavy atom. The normalized spacial score (nSPS) is 21.9. The van der Waals surface area contributed by atoms with Crippen LogP contribution in [0.25, 0.3) is 0 Å². The SMILES string of the molecule is Cc1nc(B2OC(C)(C)C(C)(C)O2)cn1C(C)C. The molecule has 0 spiro atoms. The number of imidazole rings is 1. The summed E-state index contributed by atoms with van der Waals surface area (Å²) in [6.07, 6.45) is 2.03. The first-order valence-corrected chi connectivity index (χ1v) is 6.55. The van der Waals surface area contributed by atoms with E-state index in [1.54, 1.807) is 0 Å².